The first-order valence-corrected chi connectivity index (χ1v) is 8.41. The van der Waals surface area contributed by atoms with Gasteiger partial charge in [0.2, 0.25) is 11.8 Å². The summed E-state index contributed by atoms with van der Waals surface area (Å²) in [6.45, 7) is 7.47. The van der Waals surface area contributed by atoms with Gasteiger partial charge >= 0.3 is 11.9 Å². The van der Waals surface area contributed by atoms with E-state index in [4.69, 9.17) is 13.9 Å². The third kappa shape index (κ3) is 5.05. The van der Waals surface area contributed by atoms with Gasteiger partial charge in [-0.15, -0.1) is 10.2 Å². The first-order chi connectivity index (χ1) is 12.4. The Labute approximate surface area is 152 Å². The molecular formula is C18H23N3O5. The molecular weight excluding hydrogens is 338 g/mol. The largest absolute Gasteiger partial charge is 0.465 e. The zero-order chi connectivity index (χ0) is 19.1. The highest BCUT2D eigenvalue weighted by molar-refractivity contribution is 5.82. The second-order valence-corrected chi connectivity index (χ2v) is 5.59. The van der Waals surface area contributed by atoms with Gasteiger partial charge in [-0.25, -0.2) is 0 Å². The number of anilines is 1. The first kappa shape index (κ1) is 19.4. The molecule has 0 unspecified atom stereocenters. The van der Waals surface area contributed by atoms with Gasteiger partial charge in [0.1, 0.15) is 13.1 Å². The van der Waals surface area contributed by atoms with Crippen LogP contribution in [0.15, 0.2) is 22.6 Å². The van der Waals surface area contributed by atoms with E-state index in [0.29, 0.717) is 23.0 Å². The van der Waals surface area contributed by atoms with Gasteiger partial charge in [0.15, 0.2) is 0 Å². The molecule has 0 amide bonds. The number of nitrogens with zero attached hydrogens (tertiary/aromatic N) is 3. The second-order valence-electron chi connectivity index (χ2n) is 5.59. The minimum Gasteiger partial charge on any atom is -0.465 e. The number of hydrogen-bond acceptors (Lipinski definition) is 8. The van der Waals surface area contributed by atoms with Crippen molar-refractivity contribution in [1.82, 2.24) is 10.2 Å². The van der Waals surface area contributed by atoms with E-state index in [0.717, 1.165) is 5.56 Å². The summed E-state index contributed by atoms with van der Waals surface area (Å²) in [7, 11) is 0. The van der Waals surface area contributed by atoms with Crippen molar-refractivity contribution >= 4 is 17.6 Å². The minimum absolute atomic E-state index is 0.0696. The van der Waals surface area contributed by atoms with Crippen molar-refractivity contribution in [2.45, 2.75) is 27.7 Å². The zero-order valence-electron chi connectivity index (χ0n) is 15.4. The highest BCUT2D eigenvalue weighted by atomic mass is 16.5. The van der Waals surface area contributed by atoms with E-state index >= 15 is 0 Å². The Bertz CT molecular complexity index is 752. The summed E-state index contributed by atoms with van der Waals surface area (Å²) < 4.78 is 15.5. The van der Waals surface area contributed by atoms with Crippen LogP contribution in [0.3, 0.4) is 0 Å². The lowest BCUT2D eigenvalue weighted by atomic mass is 10.1. The Kier molecular flexibility index (Phi) is 6.71. The molecule has 0 spiro atoms. The Morgan fingerprint density at radius 1 is 1.04 bits per heavy atom. The summed E-state index contributed by atoms with van der Waals surface area (Å²) in [5.74, 6) is -0.0153. The van der Waals surface area contributed by atoms with E-state index in [-0.39, 0.29) is 26.3 Å². The topological polar surface area (TPSA) is 94.8 Å². The van der Waals surface area contributed by atoms with E-state index < -0.39 is 11.9 Å². The van der Waals surface area contributed by atoms with Crippen LogP contribution in [0.1, 0.15) is 25.3 Å². The maximum Gasteiger partial charge on any atom is 0.325 e. The van der Waals surface area contributed by atoms with Crippen molar-refractivity contribution in [3.8, 4) is 11.5 Å². The molecule has 140 valence electrons. The summed E-state index contributed by atoms with van der Waals surface area (Å²) in [5.41, 5.74) is 2.28. The van der Waals surface area contributed by atoms with Gasteiger partial charge < -0.3 is 18.8 Å². The lowest BCUT2D eigenvalue weighted by Crippen LogP contribution is -2.36. The van der Waals surface area contributed by atoms with Crippen LogP contribution in [-0.2, 0) is 19.1 Å². The summed E-state index contributed by atoms with van der Waals surface area (Å²) in [5, 5.41) is 7.84. The number of aryl methyl sites for hydroxylation is 2. The van der Waals surface area contributed by atoms with Crippen LogP contribution in [-0.4, -0.2) is 48.4 Å². The number of aromatic nitrogens is 2. The molecule has 8 heteroatoms. The maximum absolute atomic E-state index is 12.0. The molecule has 0 saturated heterocycles. The van der Waals surface area contributed by atoms with Crippen LogP contribution in [0.4, 0.5) is 5.69 Å². The summed E-state index contributed by atoms with van der Waals surface area (Å²) in [6.07, 6.45) is 0. The fourth-order valence-electron chi connectivity index (χ4n) is 2.45. The molecule has 8 nitrogen and oxygen atoms in total. The molecule has 0 bridgehead atoms. The Balaban J connectivity index is 2.35. The number of ether oxygens (including phenoxy) is 2. The number of benzene rings is 1. The van der Waals surface area contributed by atoms with Crippen molar-refractivity contribution in [2.75, 3.05) is 31.2 Å². The van der Waals surface area contributed by atoms with Crippen LogP contribution < -0.4 is 4.90 Å². The molecule has 0 aliphatic heterocycles. The fraction of sp³-hybridized carbons (Fsp3) is 0.444. The molecule has 0 aliphatic carbocycles. The van der Waals surface area contributed by atoms with Crippen molar-refractivity contribution in [1.29, 1.82) is 0 Å². The Morgan fingerprint density at radius 2 is 1.65 bits per heavy atom. The Morgan fingerprint density at radius 3 is 2.15 bits per heavy atom. The van der Waals surface area contributed by atoms with Gasteiger partial charge in [-0.05, 0) is 38.5 Å². The molecule has 0 radical (unpaired) electrons. The van der Waals surface area contributed by atoms with E-state index in [1.807, 2.05) is 19.1 Å². The van der Waals surface area contributed by atoms with Crippen LogP contribution in [0.25, 0.3) is 11.5 Å². The van der Waals surface area contributed by atoms with Crippen LogP contribution in [0.2, 0.25) is 0 Å². The third-order valence-electron chi connectivity index (χ3n) is 3.57. The number of esters is 2. The summed E-state index contributed by atoms with van der Waals surface area (Å²) in [6, 6.07) is 5.52. The molecule has 2 aromatic rings. The van der Waals surface area contributed by atoms with Gasteiger partial charge in [0.25, 0.3) is 0 Å². The number of carbonyl (C=O) groups is 2. The van der Waals surface area contributed by atoms with Crippen molar-refractivity contribution in [3.05, 3.63) is 29.7 Å². The lowest BCUT2D eigenvalue weighted by molar-refractivity contribution is -0.142. The minimum atomic E-state index is -0.421. The summed E-state index contributed by atoms with van der Waals surface area (Å²) >= 11 is 0. The highest BCUT2D eigenvalue weighted by Gasteiger charge is 2.20. The van der Waals surface area contributed by atoms with Gasteiger partial charge in [0.05, 0.1) is 13.2 Å². The molecule has 0 N–H and O–H groups in total. The lowest BCUT2D eigenvalue weighted by Gasteiger charge is -2.25. The second kappa shape index (κ2) is 8.98. The molecule has 0 aliphatic rings. The van der Waals surface area contributed by atoms with Crippen LogP contribution >= 0.6 is 0 Å². The average Bonchev–Trinajstić information content (AvgIpc) is 3.01. The quantitative estimate of drug-likeness (QED) is 0.661. The average molecular weight is 361 g/mol. The smallest absolute Gasteiger partial charge is 0.325 e. The van der Waals surface area contributed by atoms with Gasteiger partial charge in [0, 0.05) is 18.2 Å². The number of hydrogen-bond donors (Lipinski definition) is 0. The molecule has 0 atom stereocenters. The van der Waals surface area contributed by atoms with Crippen molar-refractivity contribution in [2.24, 2.45) is 0 Å². The maximum atomic E-state index is 12.0. The third-order valence-corrected chi connectivity index (χ3v) is 3.57. The SMILES string of the molecule is CCOC(=O)CN(CC(=O)OCC)c1cc(-c2nnc(C)o2)ccc1C. The van der Waals surface area contributed by atoms with E-state index in [1.54, 1.807) is 31.7 Å². The number of rotatable bonds is 8. The first-order valence-electron chi connectivity index (χ1n) is 8.41. The van der Waals surface area contributed by atoms with E-state index in [1.165, 1.54) is 0 Å². The highest BCUT2D eigenvalue weighted by Crippen LogP contribution is 2.27. The van der Waals surface area contributed by atoms with E-state index in [2.05, 4.69) is 10.2 Å². The summed E-state index contributed by atoms with van der Waals surface area (Å²) in [4.78, 5) is 25.6. The van der Waals surface area contributed by atoms with Crippen molar-refractivity contribution in [3.63, 3.8) is 0 Å². The van der Waals surface area contributed by atoms with Crippen molar-refractivity contribution < 1.29 is 23.5 Å². The van der Waals surface area contributed by atoms with Gasteiger partial charge in [-0.2, -0.15) is 0 Å². The molecule has 0 saturated carbocycles. The molecule has 0 fully saturated rings. The normalized spacial score (nSPS) is 10.5. The monoisotopic (exact) mass is 361 g/mol. The van der Waals surface area contributed by atoms with Crippen LogP contribution in [0, 0.1) is 13.8 Å². The standard InChI is InChI=1S/C18H23N3O5/c1-5-24-16(22)10-21(11-17(23)25-6-2)15-9-14(8-7-12(15)3)18-20-19-13(4)26-18/h7-9H,5-6,10-11H2,1-4H3. The predicted molar refractivity (Wildman–Crippen MR) is 94.7 cm³/mol. The molecule has 1 aromatic heterocycles. The molecule has 1 heterocycles. The van der Waals surface area contributed by atoms with Gasteiger partial charge in [-0.1, -0.05) is 6.07 Å². The molecule has 2 rings (SSSR count). The van der Waals surface area contributed by atoms with Gasteiger partial charge in [-0.3, -0.25) is 9.59 Å². The van der Waals surface area contributed by atoms with E-state index in [9.17, 15) is 9.59 Å². The predicted octanol–water partition coefficient (Wildman–Crippen LogP) is 2.29. The van der Waals surface area contributed by atoms with Crippen LogP contribution in [0.5, 0.6) is 0 Å². The fourth-order valence-corrected chi connectivity index (χ4v) is 2.45. The molecule has 1 aromatic carbocycles. The number of carbonyl (C=O) groups excluding carboxylic acids is 2. The molecule has 26 heavy (non-hydrogen) atoms. The zero-order valence-corrected chi connectivity index (χ0v) is 15.4. The Hall–Kier alpha value is -2.90.